The lowest BCUT2D eigenvalue weighted by Crippen LogP contribution is -2.57. The van der Waals surface area contributed by atoms with Gasteiger partial charge in [0.25, 0.3) is 0 Å². The van der Waals surface area contributed by atoms with Gasteiger partial charge in [-0.2, -0.15) is 0 Å². The number of halogens is 1. The van der Waals surface area contributed by atoms with Crippen LogP contribution in [0.15, 0.2) is 40.9 Å². The molecule has 0 radical (unpaired) electrons. The standard InChI is InChI=1S/C27H36FN5O2/c1-18(2)19(3)29-14-22-5-4-6-26(30-22)34-17-20-7-9-23-16-33(12-11-32(23)15-20)27-24-13-21(28)8-10-25(24)35-31-27/h4-6,8,10,13,18-20,23,29H,7,9,11-12,14-17H2,1-3H3/t19?,20-,23-/m0/s1. The number of piperazine rings is 1. The Morgan fingerprint density at radius 1 is 1.14 bits per heavy atom. The molecule has 0 saturated carbocycles. The first-order valence-corrected chi connectivity index (χ1v) is 12.8. The Morgan fingerprint density at radius 2 is 2.03 bits per heavy atom. The molecule has 0 bridgehead atoms. The molecule has 1 unspecified atom stereocenters. The molecular formula is C27H36FN5O2. The smallest absolute Gasteiger partial charge is 0.213 e. The molecule has 4 heterocycles. The van der Waals surface area contributed by atoms with E-state index in [-0.39, 0.29) is 5.82 Å². The van der Waals surface area contributed by atoms with Crippen molar-refractivity contribution in [2.24, 2.45) is 11.8 Å². The highest BCUT2D eigenvalue weighted by molar-refractivity contribution is 5.88. The van der Waals surface area contributed by atoms with E-state index in [1.54, 1.807) is 6.07 Å². The van der Waals surface area contributed by atoms with Crippen molar-refractivity contribution in [1.29, 1.82) is 0 Å². The van der Waals surface area contributed by atoms with Gasteiger partial charge in [-0.1, -0.05) is 25.1 Å². The monoisotopic (exact) mass is 481 g/mol. The number of aromatic nitrogens is 2. The third-order valence-electron chi connectivity index (χ3n) is 7.57. The fourth-order valence-electron chi connectivity index (χ4n) is 5.05. The lowest BCUT2D eigenvalue weighted by atomic mass is 9.91. The summed E-state index contributed by atoms with van der Waals surface area (Å²) in [6.07, 6.45) is 2.23. The molecule has 2 saturated heterocycles. The maximum Gasteiger partial charge on any atom is 0.213 e. The van der Waals surface area contributed by atoms with Crippen molar-refractivity contribution < 1.29 is 13.7 Å². The van der Waals surface area contributed by atoms with Crippen molar-refractivity contribution >= 4 is 16.8 Å². The number of hydrogen-bond donors (Lipinski definition) is 1. The number of rotatable bonds is 8. The molecule has 188 valence electrons. The van der Waals surface area contributed by atoms with Gasteiger partial charge in [-0.25, -0.2) is 9.37 Å². The second-order valence-electron chi connectivity index (χ2n) is 10.4. The SMILES string of the molecule is CC(C)C(C)NCc1cccc(OC[C@H]2CC[C@H]3CN(c4noc5ccc(F)cc45)CCN3C2)n1. The van der Waals surface area contributed by atoms with Crippen LogP contribution in [0.25, 0.3) is 11.0 Å². The summed E-state index contributed by atoms with van der Waals surface area (Å²) in [6, 6.07) is 11.5. The fourth-order valence-corrected chi connectivity index (χ4v) is 5.05. The zero-order valence-corrected chi connectivity index (χ0v) is 20.9. The predicted octanol–water partition coefficient (Wildman–Crippen LogP) is 4.48. The molecule has 5 rings (SSSR count). The number of hydrogen-bond acceptors (Lipinski definition) is 7. The van der Waals surface area contributed by atoms with Gasteiger partial charge in [-0.05, 0) is 49.9 Å². The molecule has 0 amide bonds. The molecular weight excluding hydrogens is 445 g/mol. The summed E-state index contributed by atoms with van der Waals surface area (Å²) >= 11 is 0. The Balaban J connectivity index is 1.12. The van der Waals surface area contributed by atoms with Crippen LogP contribution in [0, 0.1) is 17.7 Å². The topological polar surface area (TPSA) is 66.7 Å². The number of ether oxygens (including phenoxy) is 1. The second kappa shape index (κ2) is 10.5. The highest BCUT2D eigenvalue weighted by atomic mass is 19.1. The molecule has 7 nitrogen and oxygen atoms in total. The van der Waals surface area contributed by atoms with Gasteiger partial charge in [0, 0.05) is 56.8 Å². The zero-order chi connectivity index (χ0) is 24.4. The fraction of sp³-hybridized carbons (Fsp3) is 0.556. The van der Waals surface area contributed by atoms with Gasteiger partial charge >= 0.3 is 0 Å². The Labute approximate surface area is 206 Å². The molecule has 35 heavy (non-hydrogen) atoms. The molecule has 2 aliphatic heterocycles. The first-order chi connectivity index (χ1) is 17.0. The third-order valence-corrected chi connectivity index (χ3v) is 7.57. The summed E-state index contributed by atoms with van der Waals surface area (Å²) in [5.41, 5.74) is 1.64. The molecule has 1 N–H and O–H groups in total. The quantitative estimate of drug-likeness (QED) is 0.509. The van der Waals surface area contributed by atoms with Crippen LogP contribution in [0.1, 0.15) is 39.3 Å². The number of nitrogens with one attached hydrogen (secondary N) is 1. The number of anilines is 1. The highest BCUT2D eigenvalue weighted by Crippen LogP contribution is 2.31. The molecule has 2 aliphatic rings. The second-order valence-corrected chi connectivity index (χ2v) is 10.4. The van der Waals surface area contributed by atoms with Crippen LogP contribution < -0.4 is 15.0 Å². The van der Waals surface area contributed by atoms with Crippen LogP contribution in [-0.2, 0) is 6.54 Å². The Kier molecular flexibility index (Phi) is 7.20. The highest BCUT2D eigenvalue weighted by Gasteiger charge is 2.34. The van der Waals surface area contributed by atoms with E-state index in [0.29, 0.717) is 42.0 Å². The van der Waals surface area contributed by atoms with E-state index in [2.05, 4.69) is 41.0 Å². The zero-order valence-electron chi connectivity index (χ0n) is 20.9. The van der Waals surface area contributed by atoms with E-state index in [1.807, 2.05) is 18.2 Å². The average molecular weight is 482 g/mol. The Bertz CT molecular complexity index is 1140. The lowest BCUT2D eigenvalue weighted by molar-refractivity contribution is 0.0716. The predicted molar refractivity (Wildman–Crippen MR) is 135 cm³/mol. The Morgan fingerprint density at radius 3 is 2.89 bits per heavy atom. The molecule has 1 aromatic carbocycles. The van der Waals surface area contributed by atoms with Crippen molar-refractivity contribution in [1.82, 2.24) is 20.4 Å². The largest absolute Gasteiger partial charge is 0.477 e. The summed E-state index contributed by atoms with van der Waals surface area (Å²) in [5, 5.41) is 8.53. The van der Waals surface area contributed by atoms with Crippen LogP contribution >= 0.6 is 0 Å². The minimum Gasteiger partial charge on any atom is -0.477 e. The normalized spacial score (nSPS) is 21.9. The van der Waals surface area contributed by atoms with Crippen LogP contribution in [0.3, 0.4) is 0 Å². The number of pyridine rings is 1. The van der Waals surface area contributed by atoms with Crippen molar-refractivity contribution in [3.63, 3.8) is 0 Å². The number of fused-ring (bicyclic) bond motifs is 2. The summed E-state index contributed by atoms with van der Waals surface area (Å²) in [7, 11) is 0. The first kappa shape index (κ1) is 24.0. The maximum atomic E-state index is 13.8. The number of nitrogens with zero attached hydrogens (tertiary/aromatic N) is 4. The minimum atomic E-state index is -0.262. The van der Waals surface area contributed by atoms with Gasteiger partial charge in [0.1, 0.15) is 5.82 Å². The molecule has 2 aromatic heterocycles. The average Bonchev–Trinajstić information content (AvgIpc) is 3.28. The minimum absolute atomic E-state index is 0.262. The van der Waals surface area contributed by atoms with Crippen LogP contribution in [0.5, 0.6) is 5.88 Å². The lowest BCUT2D eigenvalue weighted by Gasteiger charge is -2.46. The van der Waals surface area contributed by atoms with Gasteiger partial charge in [-0.3, -0.25) is 4.90 Å². The van der Waals surface area contributed by atoms with Crippen LogP contribution in [0.2, 0.25) is 0 Å². The maximum absolute atomic E-state index is 13.8. The summed E-state index contributed by atoms with van der Waals surface area (Å²) in [6.45, 7) is 11.8. The molecule has 2 fully saturated rings. The summed E-state index contributed by atoms with van der Waals surface area (Å²) in [5.74, 6) is 2.28. The molecule has 0 aliphatic carbocycles. The molecule has 8 heteroatoms. The van der Waals surface area contributed by atoms with Crippen LogP contribution in [0.4, 0.5) is 10.2 Å². The van der Waals surface area contributed by atoms with Crippen molar-refractivity contribution in [2.45, 2.75) is 52.2 Å². The number of benzene rings is 1. The van der Waals surface area contributed by atoms with E-state index in [0.717, 1.165) is 62.5 Å². The van der Waals surface area contributed by atoms with Crippen molar-refractivity contribution in [2.75, 3.05) is 37.7 Å². The first-order valence-electron chi connectivity index (χ1n) is 12.8. The van der Waals surface area contributed by atoms with Crippen molar-refractivity contribution in [3.05, 3.63) is 47.9 Å². The molecule has 0 spiro atoms. The third kappa shape index (κ3) is 5.59. The number of piperidine rings is 1. The van der Waals surface area contributed by atoms with Gasteiger partial charge < -0.3 is 19.5 Å². The van der Waals surface area contributed by atoms with E-state index in [9.17, 15) is 4.39 Å². The van der Waals surface area contributed by atoms with Crippen molar-refractivity contribution in [3.8, 4) is 5.88 Å². The molecule has 3 atom stereocenters. The van der Waals surface area contributed by atoms with Gasteiger partial charge in [0.05, 0.1) is 17.7 Å². The van der Waals surface area contributed by atoms with E-state index in [4.69, 9.17) is 14.2 Å². The van der Waals surface area contributed by atoms with Gasteiger partial charge in [0.2, 0.25) is 5.88 Å². The Hall–Kier alpha value is -2.71. The summed E-state index contributed by atoms with van der Waals surface area (Å²) in [4.78, 5) is 9.50. The molecule has 3 aromatic rings. The van der Waals surface area contributed by atoms with E-state index in [1.165, 1.54) is 12.1 Å². The van der Waals surface area contributed by atoms with Gasteiger partial charge in [-0.15, -0.1) is 0 Å². The van der Waals surface area contributed by atoms with E-state index >= 15 is 0 Å². The van der Waals surface area contributed by atoms with E-state index < -0.39 is 0 Å². The van der Waals surface area contributed by atoms with Gasteiger partial charge in [0.15, 0.2) is 11.4 Å². The summed E-state index contributed by atoms with van der Waals surface area (Å²) < 4.78 is 25.3. The van der Waals surface area contributed by atoms with Crippen LogP contribution in [-0.4, -0.2) is 59.9 Å².